The predicted molar refractivity (Wildman–Crippen MR) is 120 cm³/mol. The Hall–Kier alpha value is -2.57. The molecule has 0 saturated heterocycles. The third-order valence-corrected chi connectivity index (χ3v) is 4.64. The first-order valence-corrected chi connectivity index (χ1v) is 11.1. The fourth-order valence-corrected chi connectivity index (χ4v) is 2.96. The highest BCUT2D eigenvalue weighted by molar-refractivity contribution is 5.86. The van der Waals surface area contributed by atoms with Crippen LogP contribution in [0.25, 0.3) is 0 Å². The van der Waals surface area contributed by atoms with E-state index in [0.717, 1.165) is 19.3 Å². The summed E-state index contributed by atoms with van der Waals surface area (Å²) in [5, 5.41) is 16.1. The summed E-state index contributed by atoms with van der Waals surface area (Å²) in [5.74, 6) is -0.100. The van der Waals surface area contributed by atoms with Gasteiger partial charge in [-0.25, -0.2) is 5.43 Å². The van der Waals surface area contributed by atoms with Crippen LogP contribution in [0.15, 0.2) is 23.3 Å². The minimum absolute atomic E-state index is 0.0488. The van der Waals surface area contributed by atoms with Crippen molar-refractivity contribution < 1.29 is 19.4 Å². The minimum atomic E-state index is -0.393. The average molecular weight is 420 g/mol. The number of carbonyl (C=O) groups excluding carboxylic acids is 2. The van der Waals surface area contributed by atoms with Crippen LogP contribution >= 0.6 is 0 Å². The van der Waals surface area contributed by atoms with E-state index in [0.29, 0.717) is 24.3 Å². The van der Waals surface area contributed by atoms with Crippen molar-refractivity contribution >= 4 is 18.0 Å². The minimum Gasteiger partial charge on any atom is -0.504 e. The number of hydrogen-bond donors (Lipinski definition) is 3. The number of phenols is 1. The molecule has 3 N–H and O–H groups in total. The molecule has 0 atom stereocenters. The largest absolute Gasteiger partial charge is 0.504 e. The molecule has 0 radical (unpaired) electrons. The van der Waals surface area contributed by atoms with Crippen LogP contribution in [0, 0.1) is 0 Å². The monoisotopic (exact) mass is 419 g/mol. The van der Waals surface area contributed by atoms with Crippen molar-refractivity contribution in [2.45, 2.75) is 78.1 Å². The molecule has 0 unspecified atom stereocenters. The zero-order valence-corrected chi connectivity index (χ0v) is 18.4. The first-order chi connectivity index (χ1) is 14.6. The quantitative estimate of drug-likeness (QED) is 0.211. The van der Waals surface area contributed by atoms with Gasteiger partial charge in [-0.3, -0.25) is 9.59 Å². The van der Waals surface area contributed by atoms with Crippen molar-refractivity contribution in [3.63, 3.8) is 0 Å². The third-order valence-electron chi connectivity index (χ3n) is 4.64. The van der Waals surface area contributed by atoms with E-state index in [4.69, 9.17) is 4.74 Å². The van der Waals surface area contributed by atoms with Gasteiger partial charge in [0.15, 0.2) is 11.5 Å². The fraction of sp³-hybridized carbons (Fsp3) is 0.609. The van der Waals surface area contributed by atoms with E-state index in [2.05, 4.69) is 22.8 Å². The second kappa shape index (κ2) is 16.3. The number of hydrogen-bond acceptors (Lipinski definition) is 5. The summed E-state index contributed by atoms with van der Waals surface area (Å²) in [7, 11) is 0. The molecule has 1 aromatic carbocycles. The number of amides is 2. The van der Waals surface area contributed by atoms with Crippen molar-refractivity contribution in [1.82, 2.24) is 10.7 Å². The second-order valence-corrected chi connectivity index (χ2v) is 7.31. The number of nitrogens with one attached hydrogen (secondary N) is 2. The molecule has 0 aliphatic rings. The first-order valence-electron chi connectivity index (χ1n) is 11.1. The van der Waals surface area contributed by atoms with Crippen molar-refractivity contribution in [3.8, 4) is 11.5 Å². The van der Waals surface area contributed by atoms with Gasteiger partial charge in [0.2, 0.25) is 5.91 Å². The number of unbranched alkanes of at least 4 members (excludes halogenated alkanes) is 8. The van der Waals surface area contributed by atoms with Crippen LogP contribution < -0.4 is 15.5 Å². The molecule has 1 aromatic rings. The Kier molecular flexibility index (Phi) is 13.8. The maximum absolute atomic E-state index is 11.8. The highest BCUT2D eigenvalue weighted by atomic mass is 16.5. The standard InChI is InChI=1S/C23H37N3O4/c1-3-5-6-7-8-9-10-11-12-13-22(28)24-18-23(29)26-25-17-19-14-15-20(27)21(16-19)30-4-2/h14-17,27H,3-13,18H2,1-2H3,(H,24,28)(H,26,29)/b25-17-. The molecule has 0 aliphatic heterocycles. The molecular formula is C23H37N3O4. The lowest BCUT2D eigenvalue weighted by molar-refractivity contribution is -0.126. The predicted octanol–water partition coefficient (Wildman–Crippen LogP) is 4.28. The topological polar surface area (TPSA) is 100 Å². The lowest BCUT2D eigenvalue weighted by atomic mass is 10.1. The smallest absolute Gasteiger partial charge is 0.259 e. The molecular weight excluding hydrogens is 382 g/mol. The summed E-state index contributed by atoms with van der Waals surface area (Å²) in [6.07, 6.45) is 12.7. The fourth-order valence-electron chi connectivity index (χ4n) is 2.96. The number of aromatic hydroxyl groups is 1. The number of nitrogens with zero attached hydrogens (tertiary/aromatic N) is 1. The molecule has 0 aliphatic carbocycles. The number of ether oxygens (including phenoxy) is 1. The molecule has 30 heavy (non-hydrogen) atoms. The maximum atomic E-state index is 11.8. The lowest BCUT2D eigenvalue weighted by Crippen LogP contribution is -2.34. The summed E-state index contributed by atoms with van der Waals surface area (Å²) in [6, 6.07) is 4.78. The van der Waals surface area contributed by atoms with Gasteiger partial charge in [0.1, 0.15) is 0 Å². The number of carbonyl (C=O) groups is 2. The van der Waals surface area contributed by atoms with E-state index in [1.165, 1.54) is 50.8 Å². The van der Waals surface area contributed by atoms with Gasteiger partial charge < -0.3 is 15.2 Å². The number of rotatable bonds is 16. The summed E-state index contributed by atoms with van der Waals surface area (Å²) in [5.41, 5.74) is 3.04. The van der Waals surface area contributed by atoms with Crippen molar-refractivity contribution in [2.24, 2.45) is 5.10 Å². The Bertz CT molecular complexity index is 662. The Morgan fingerprint density at radius 3 is 2.33 bits per heavy atom. The SMILES string of the molecule is CCCCCCCCCCCC(=O)NCC(=O)N/N=C\c1ccc(O)c(OCC)c1. The molecule has 1 rings (SSSR count). The van der Waals surface area contributed by atoms with E-state index in [9.17, 15) is 14.7 Å². The molecule has 0 bridgehead atoms. The molecule has 7 nitrogen and oxygen atoms in total. The average Bonchev–Trinajstić information content (AvgIpc) is 2.73. The van der Waals surface area contributed by atoms with Crippen LogP contribution in [-0.4, -0.2) is 36.3 Å². The van der Waals surface area contributed by atoms with Crippen LogP contribution in [0.4, 0.5) is 0 Å². The number of hydrazone groups is 1. The van der Waals surface area contributed by atoms with Crippen LogP contribution in [0.2, 0.25) is 0 Å². The van der Waals surface area contributed by atoms with E-state index in [1.807, 2.05) is 6.92 Å². The van der Waals surface area contributed by atoms with Gasteiger partial charge in [-0.05, 0) is 37.1 Å². The Balaban J connectivity index is 2.13. The van der Waals surface area contributed by atoms with E-state index in [-0.39, 0.29) is 18.2 Å². The van der Waals surface area contributed by atoms with Crippen LogP contribution in [-0.2, 0) is 9.59 Å². The summed E-state index contributed by atoms with van der Waals surface area (Å²) in [4.78, 5) is 23.6. The van der Waals surface area contributed by atoms with Gasteiger partial charge in [0.05, 0.1) is 19.4 Å². The lowest BCUT2D eigenvalue weighted by Gasteiger charge is -2.06. The Morgan fingerprint density at radius 2 is 1.67 bits per heavy atom. The van der Waals surface area contributed by atoms with Gasteiger partial charge in [-0.1, -0.05) is 58.3 Å². The molecule has 0 aromatic heterocycles. The maximum Gasteiger partial charge on any atom is 0.259 e. The van der Waals surface area contributed by atoms with Crippen LogP contribution in [0.3, 0.4) is 0 Å². The number of phenolic OH excluding ortho intramolecular Hbond substituents is 1. The van der Waals surface area contributed by atoms with Gasteiger partial charge >= 0.3 is 0 Å². The van der Waals surface area contributed by atoms with Crippen molar-refractivity contribution in [2.75, 3.05) is 13.2 Å². The summed E-state index contributed by atoms with van der Waals surface area (Å²) >= 11 is 0. The van der Waals surface area contributed by atoms with Crippen molar-refractivity contribution in [3.05, 3.63) is 23.8 Å². The van der Waals surface area contributed by atoms with Gasteiger partial charge in [0, 0.05) is 6.42 Å². The van der Waals surface area contributed by atoms with Crippen molar-refractivity contribution in [1.29, 1.82) is 0 Å². The Labute approximate surface area is 180 Å². The highest BCUT2D eigenvalue weighted by Gasteiger charge is 2.05. The Morgan fingerprint density at radius 1 is 1.00 bits per heavy atom. The van der Waals surface area contributed by atoms with Gasteiger partial charge in [0.25, 0.3) is 5.91 Å². The van der Waals surface area contributed by atoms with E-state index < -0.39 is 5.91 Å². The summed E-state index contributed by atoms with van der Waals surface area (Å²) < 4.78 is 5.30. The molecule has 168 valence electrons. The molecule has 0 heterocycles. The van der Waals surface area contributed by atoms with Gasteiger partial charge in [-0.15, -0.1) is 0 Å². The molecule has 0 saturated carbocycles. The zero-order chi connectivity index (χ0) is 22.0. The summed E-state index contributed by atoms with van der Waals surface area (Å²) in [6.45, 7) is 4.37. The molecule has 7 heteroatoms. The van der Waals surface area contributed by atoms with Crippen LogP contribution in [0.5, 0.6) is 11.5 Å². The molecule has 2 amide bonds. The zero-order valence-electron chi connectivity index (χ0n) is 18.4. The van der Waals surface area contributed by atoms with Gasteiger partial charge in [-0.2, -0.15) is 5.10 Å². The van der Waals surface area contributed by atoms with E-state index in [1.54, 1.807) is 12.1 Å². The number of benzene rings is 1. The third kappa shape index (κ3) is 12.1. The van der Waals surface area contributed by atoms with E-state index >= 15 is 0 Å². The molecule has 0 spiro atoms. The molecule has 0 fully saturated rings. The first kappa shape index (κ1) is 25.5. The second-order valence-electron chi connectivity index (χ2n) is 7.31. The van der Waals surface area contributed by atoms with Crippen LogP contribution in [0.1, 0.15) is 83.6 Å². The highest BCUT2D eigenvalue weighted by Crippen LogP contribution is 2.26. The normalized spacial score (nSPS) is 10.9.